The number of nitrogen functional groups attached to an aromatic ring is 1. The lowest BCUT2D eigenvalue weighted by Crippen LogP contribution is -2.00. The van der Waals surface area contributed by atoms with Crippen LogP contribution >= 0.6 is 0 Å². The van der Waals surface area contributed by atoms with Crippen LogP contribution in [0.2, 0.25) is 0 Å². The van der Waals surface area contributed by atoms with E-state index in [1.165, 1.54) is 12.1 Å². The van der Waals surface area contributed by atoms with E-state index in [9.17, 15) is 4.39 Å². The number of nitrogens with zero attached hydrogens (tertiary/aromatic N) is 4. The third-order valence-electron chi connectivity index (χ3n) is 2.71. The first-order valence-corrected chi connectivity index (χ1v) is 5.64. The van der Waals surface area contributed by atoms with Crippen molar-refractivity contribution < 1.29 is 4.39 Å². The molecule has 94 valence electrons. The van der Waals surface area contributed by atoms with Gasteiger partial charge < -0.3 is 5.73 Å². The summed E-state index contributed by atoms with van der Waals surface area (Å²) in [5.41, 5.74) is 7.85. The van der Waals surface area contributed by atoms with Crippen molar-refractivity contribution in [1.29, 1.82) is 0 Å². The van der Waals surface area contributed by atoms with Crippen molar-refractivity contribution in [2.75, 3.05) is 5.73 Å². The Morgan fingerprint density at radius 1 is 0.947 bits per heavy atom. The summed E-state index contributed by atoms with van der Waals surface area (Å²) in [5, 5.41) is 11.6. The number of hydrogen-bond donors (Lipinski definition) is 1. The zero-order valence-corrected chi connectivity index (χ0v) is 9.86. The van der Waals surface area contributed by atoms with Gasteiger partial charge in [0, 0.05) is 11.3 Å². The topological polar surface area (TPSA) is 69.6 Å². The van der Waals surface area contributed by atoms with Gasteiger partial charge in [-0.1, -0.05) is 0 Å². The van der Waals surface area contributed by atoms with Crippen LogP contribution in [-0.4, -0.2) is 20.2 Å². The van der Waals surface area contributed by atoms with Crippen LogP contribution in [0.15, 0.2) is 48.5 Å². The molecule has 0 fully saturated rings. The van der Waals surface area contributed by atoms with E-state index >= 15 is 0 Å². The van der Waals surface area contributed by atoms with Gasteiger partial charge in [-0.05, 0) is 59.0 Å². The molecular weight excluding hydrogens is 245 g/mol. The van der Waals surface area contributed by atoms with Crippen LogP contribution in [0.5, 0.6) is 0 Å². The zero-order chi connectivity index (χ0) is 13.2. The maximum absolute atomic E-state index is 12.9. The summed E-state index contributed by atoms with van der Waals surface area (Å²) in [6.45, 7) is 0. The molecule has 0 aliphatic carbocycles. The molecule has 0 amide bonds. The predicted molar refractivity (Wildman–Crippen MR) is 69.0 cm³/mol. The van der Waals surface area contributed by atoms with Crippen LogP contribution in [0, 0.1) is 5.82 Å². The third-order valence-corrected chi connectivity index (χ3v) is 2.71. The molecule has 0 aliphatic rings. The summed E-state index contributed by atoms with van der Waals surface area (Å²) < 4.78 is 14.5. The van der Waals surface area contributed by atoms with Gasteiger partial charge in [0.15, 0.2) is 5.82 Å². The molecule has 3 aromatic rings. The SMILES string of the molecule is Nc1ccc(-c2nnnn2-c2ccc(F)cc2)cc1. The normalized spacial score (nSPS) is 10.6. The first-order valence-electron chi connectivity index (χ1n) is 5.64. The molecule has 0 radical (unpaired) electrons. The number of benzene rings is 2. The quantitative estimate of drug-likeness (QED) is 0.711. The van der Waals surface area contributed by atoms with Gasteiger partial charge in [-0.15, -0.1) is 5.10 Å². The van der Waals surface area contributed by atoms with Crippen LogP contribution < -0.4 is 5.73 Å². The Morgan fingerprint density at radius 2 is 1.63 bits per heavy atom. The van der Waals surface area contributed by atoms with Crippen LogP contribution in [0.1, 0.15) is 0 Å². The highest BCUT2D eigenvalue weighted by Gasteiger charge is 2.10. The van der Waals surface area contributed by atoms with Crippen LogP contribution in [0.25, 0.3) is 17.1 Å². The Kier molecular flexibility index (Phi) is 2.68. The molecular formula is C13H10FN5. The second-order valence-electron chi connectivity index (χ2n) is 4.01. The molecule has 2 N–H and O–H groups in total. The molecule has 0 spiro atoms. The third kappa shape index (κ3) is 2.15. The first kappa shape index (κ1) is 11.3. The maximum atomic E-state index is 12.9. The summed E-state index contributed by atoms with van der Waals surface area (Å²) in [6, 6.07) is 13.2. The standard InChI is InChI=1S/C13H10FN5/c14-10-3-7-12(8-4-10)19-13(16-17-18-19)9-1-5-11(15)6-2-9/h1-8H,15H2. The number of nitrogens with two attached hydrogens (primary N) is 1. The molecule has 5 nitrogen and oxygen atoms in total. The van der Waals surface area contributed by atoms with E-state index in [0.717, 1.165) is 5.56 Å². The maximum Gasteiger partial charge on any atom is 0.187 e. The molecule has 6 heteroatoms. The number of anilines is 1. The molecule has 3 rings (SSSR count). The van der Waals surface area contributed by atoms with Crippen molar-refractivity contribution in [2.45, 2.75) is 0 Å². The summed E-state index contributed by atoms with van der Waals surface area (Å²) in [6.07, 6.45) is 0. The van der Waals surface area contributed by atoms with Crippen LogP contribution in [0.3, 0.4) is 0 Å². The molecule has 0 aliphatic heterocycles. The van der Waals surface area contributed by atoms with E-state index < -0.39 is 0 Å². The number of tetrazole rings is 1. The predicted octanol–water partition coefficient (Wildman–Crippen LogP) is 2.05. The highest BCUT2D eigenvalue weighted by molar-refractivity contribution is 5.60. The smallest absolute Gasteiger partial charge is 0.187 e. The van der Waals surface area contributed by atoms with Gasteiger partial charge in [0.2, 0.25) is 0 Å². The van der Waals surface area contributed by atoms with Crippen molar-refractivity contribution in [3.63, 3.8) is 0 Å². The van der Waals surface area contributed by atoms with Gasteiger partial charge in [0.05, 0.1) is 5.69 Å². The van der Waals surface area contributed by atoms with Gasteiger partial charge in [-0.2, -0.15) is 4.68 Å². The minimum Gasteiger partial charge on any atom is -0.399 e. The second-order valence-corrected chi connectivity index (χ2v) is 4.01. The number of aromatic nitrogens is 4. The second kappa shape index (κ2) is 4.49. The van der Waals surface area contributed by atoms with Gasteiger partial charge in [0.25, 0.3) is 0 Å². The van der Waals surface area contributed by atoms with Crippen molar-refractivity contribution in [3.8, 4) is 17.1 Å². The fourth-order valence-corrected chi connectivity index (χ4v) is 1.76. The van der Waals surface area contributed by atoms with Gasteiger partial charge >= 0.3 is 0 Å². The van der Waals surface area contributed by atoms with E-state index in [0.29, 0.717) is 17.2 Å². The molecule has 0 atom stereocenters. The van der Waals surface area contributed by atoms with E-state index in [-0.39, 0.29) is 5.82 Å². The number of hydrogen-bond acceptors (Lipinski definition) is 4. The molecule has 0 unspecified atom stereocenters. The van der Waals surface area contributed by atoms with Gasteiger partial charge in [-0.3, -0.25) is 0 Å². The van der Waals surface area contributed by atoms with E-state index in [4.69, 9.17) is 5.73 Å². The lowest BCUT2D eigenvalue weighted by molar-refractivity contribution is 0.627. The summed E-state index contributed by atoms with van der Waals surface area (Å²) >= 11 is 0. The molecule has 19 heavy (non-hydrogen) atoms. The van der Waals surface area contributed by atoms with Crippen LogP contribution in [0.4, 0.5) is 10.1 Å². The minimum atomic E-state index is -0.300. The summed E-state index contributed by atoms with van der Waals surface area (Å²) in [4.78, 5) is 0. The largest absolute Gasteiger partial charge is 0.399 e. The van der Waals surface area contributed by atoms with E-state index in [1.807, 2.05) is 12.1 Å². The van der Waals surface area contributed by atoms with E-state index in [1.54, 1.807) is 28.9 Å². The Labute approximate surface area is 108 Å². The Hall–Kier alpha value is -2.76. The highest BCUT2D eigenvalue weighted by Crippen LogP contribution is 2.20. The van der Waals surface area contributed by atoms with Gasteiger partial charge in [-0.25, -0.2) is 4.39 Å². The molecule has 2 aromatic carbocycles. The highest BCUT2D eigenvalue weighted by atomic mass is 19.1. The lowest BCUT2D eigenvalue weighted by Gasteiger charge is -2.04. The molecule has 1 heterocycles. The summed E-state index contributed by atoms with van der Waals surface area (Å²) in [7, 11) is 0. The molecule has 0 saturated carbocycles. The van der Waals surface area contributed by atoms with Crippen molar-refractivity contribution in [3.05, 3.63) is 54.3 Å². The van der Waals surface area contributed by atoms with Crippen LogP contribution in [-0.2, 0) is 0 Å². The molecule has 1 aromatic heterocycles. The van der Waals surface area contributed by atoms with Gasteiger partial charge in [0.1, 0.15) is 5.82 Å². The Morgan fingerprint density at radius 3 is 2.32 bits per heavy atom. The average Bonchev–Trinajstić information content (AvgIpc) is 2.90. The molecule has 0 bridgehead atoms. The lowest BCUT2D eigenvalue weighted by atomic mass is 10.2. The fraction of sp³-hybridized carbons (Fsp3) is 0. The van der Waals surface area contributed by atoms with Crippen molar-refractivity contribution in [1.82, 2.24) is 20.2 Å². The van der Waals surface area contributed by atoms with Crippen molar-refractivity contribution >= 4 is 5.69 Å². The van der Waals surface area contributed by atoms with Crippen molar-refractivity contribution in [2.24, 2.45) is 0 Å². The minimum absolute atomic E-state index is 0.300. The van der Waals surface area contributed by atoms with E-state index in [2.05, 4.69) is 15.5 Å². The fourth-order valence-electron chi connectivity index (χ4n) is 1.76. The monoisotopic (exact) mass is 255 g/mol. The average molecular weight is 255 g/mol. The number of halogens is 1. The Balaban J connectivity index is 2.07. The number of rotatable bonds is 2. The Bertz CT molecular complexity index is 628. The first-order chi connectivity index (χ1) is 9.24. The summed E-state index contributed by atoms with van der Waals surface area (Å²) in [5.74, 6) is 0.275. The zero-order valence-electron chi connectivity index (χ0n) is 9.86. The molecule has 0 saturated heterocycles.